The third-order valence-electron chi connectivity index (χ3n) is 4.46. The zero-order chi connectivity index (χ0) is 14.2. The minimum atomic E-state index is -0.150. The predicted molar refractivity (Wildman–Crippen MR) is 77.7 cm³/mol. The van der Waals surface area contributed by atoms with Gasteiger partial charge in [-0.05, 0) is 24.8 Å². The van der Waals surface area contributed by atoms with E-state index in [9.17, 15) is 4.79 Å². The molecule has 4 rings (SSSR count). The van der Waals surface area contributed by atoms with Crippen LogP contribution in [0, 0.1) is 5.92 Å². The first-order valence-corrected chi connectivity index (χ1v) is 7.29. The Kier molecular flexibility index (Phi) is 2.96. The molecule has 2 aliphatic rings. The maximum absolute atomic E-state index is 12.3. The Morgan fingerprint density at radius 3 is 3.00 bits per heavy atom. The van der Waals surface area contributed by atoms with E-state index in [2.05, 4.69) is 20.7 Å². The molecule has 2 aromatic heterocycles. The fraction of sp³-hybridized carbons (Fsp3) is 0.400. The summed E-state index contributed by atoms with van der Waals surface area (Å²) in [7, 11) is 0. The van der Waals surface area contributed by atoms with Crippen LogP contribution >= 0.6 is 0 Å². The van der Waals surface area contributed by atoms with E-state index in [0.29, 0.717) is 12.0 Å². The Labute approximate surface area is 122 Å². The van der Waals surface area contributed by atoms with Crippen molar-refractivity contribution in [3.05, 3.63) is 36.9 Å². The van der Waals surface area contributed by atoms with Crippen molar-refractivity contribution < 1.29 is 4.79 Å². The molecule has 3 unspecified atom stereocenters. The molecule has 2 N–H and O–H groups in total. The second kappa shape index (κ2) is 4.96. The Balaban J connectivity index is 1.47. The van der Waals surface area contributed by atoms with Gasteiger partial charge in [-0.1, -0.05) is 6.07 Å². The summed E-state index contributed by atoms with van der Waals surface area (Å²) in [6.45, 7) is 1.01. The largest absolute Gasteiger partial charge is 0.342 e. The van der Waals surface area contributed by atoms with Crippen LogP contribution in [-0.4, -0.2) is 39.4 Å². The van der Waals surface area contributed by atoms with Crippen LogP contribution in [0.15, 0.2) is 36.9 Å². The Morgan fingerprint density at radius 1 is 1.33 bits per heavy atom. The Morgan fingerprint density at radius 2 is 2.29 bits per heavy atom. The van der Waals surface area contributed by atoms with Crippen molar-refractivity contribution in [2.75, 3.05) is 6.54 Å². The highest BCUT2D eigenvalue weighted by Gasteiger charge is 2.40. The first-order valence-electron chi connectivity index (χ1n) is 7.29. The summed E-state index contributed by atoms with van der Waals surface area (Å²) in [6.07, 6.45) is 9.12. The average Bonchev–Trinajstić information content (AvgIpc) is 3.24. The van der Waals surface area contributed by atoms with Crippen LogP contribution in [0.1, 0.15) is 12.8 Å². The third kappa shape index (κ3) is 2.31. The number of carbonyl (C=O) groups excluding carboxylic acids is 1. The molecule has 6 heteroatoms. The van der Waals surface area contributed by atoms with Crippen LogP contribution in [0.2, 0.25) is 0 Å². The summed E-state index contributed by atoms with van der Waals surface area (Å²) in [5.41, 5.74) is 1.86. The number of piperidine rings is 1. The Hall–Kier alpha value is -2.21. The molecule has 21 heavy (non-hydrogen) atoms. The second-order valence-electron chi connectivity index (χ2n) is 5.81. The lowest BCUT2D eigenvalue weighted by Gasteiger charge is -2.23. The molecule has 1 aliphatic carbocycles. The van der Waals surface area contributed by atoms with Crippen molar-refractivity contribution in [3.8, 4) is 11.1 Å². The molecule has 3 atom stereocenters. The summed E-state index contributed by atoms with van der Waals surface area (Å²) in [5.74, 6) is 0.562. The molecular weight excluding hydrogens is 266 g/mol. The van der Waals surface area contributed by atoms with Gasteiger partial charge in [0, 0.05) is 48.3 Å². The van der Waals surface area contributed by atoms with Crippen LogP contribution in [-0.2, 0) is 0 Å². The molecule has 108 valence electrons. The summed E-state index contributed by atoms with van der Waals surface area (Å²) < 4.78 is 1.38. The van der Waals surface area contributed by atoms with Gasteiger partial charge < -0.3 is 10.6 Å². The predicted octanol–water partition coefficient (Wildman–Crippen LogP) is 1.25. The summed E-state index contributed by atoms with van der Waals surface area (Å²) in [5, 5.41) is 10.7. The number of hydrogen-bond acceptors (Lipinski definition) is 4. The van der Waals surface area contributed by atoms with E-state index in [4.69, 9.17) is 0 Å². The maximum Gasteiger partial charge on any atom is 0.342 e. The van der Waals surface area contributed by atoms with Crippen LogP contribution in [0.25, 0.3) is 11.1 Å². The number of aromatic nitrogens is 3. The van der Waals surface area contributed by atoms with Crippen molar-refractivity contribution in [1.29, 1.82) is 0 Å². The number of hydrogen-bond donors (Lipinski definition) is 2. The lowest BCUT2D eigenvalue weighted by atomic mass is 10.0. The van der Waals surface area contributed by atoms with Crippen LogP contribution in [0.5, 0.6) is 0 Å². The lowest BCUT2D eigenvalue weighted by Crippen LogP contribution is -2.45. The van der Waals surface area contributed by atoms with Gasteiger partial charge in [-0.25, -0.2) is 4.79 Å². The molecule has 6 nitrogen and oxygen atoms in total. The average molecular weight is 283 g/mol. The quantitative estimate of drug-likeness (QED) is 0.870. The maximum atomic E-state index is 12.3. The van der Waals surface area contributed by atoms with Gasteiger partial charge in [0.1, 0.15) is 0 Å². The van der Waals surface area contributed by atoms with Gasteiger partial charge in [0.05, 0.1) is 6.20 Å². The number of pyridine rings is 1. The number of carbonyl (C=O) groups is 1. The van der Waals surface area contributed by atoms with Crippen molar-refractivity contribution in [1.82, 2.24) is 25.4 Å². The van der Waals surface area contributed by atoms with E-state index in [1.807, 2.05) is 12.1 Å². The molecule has 0 spiro atoms. The van der Waals surface area contributed by atoms with Gasteiger partial charge in [-0.2, -0.15) is 9.78 Å². The molecule has 1 amide bonds. The molecule has 0 radical (unpaired) electrons. The van der Waals surface area contributed by atoms with Gasteiger partial charge in [0.15, 0.2) is 0 Å². The van der Waals surface area contributed by atoms with Crippen LogP contribution < -0.4 is 10.6 Å². The zero-order valence-corrected chi connectivity index (χ0v) is 11.6. The highest BCUT2D eigenvalue weighted by Crippen LogP contribution is 2.31. The van der Waals surface area contributed by atoms with E-state index in [1.54, 1.807) is 24.8 Å². The third-order valence-corrected chi connectivity index (χ3v) is 4.46. The fourth-order valence-electron chi connectivity index (χ4n) is 3.35. The number of nitrogens with zero attached hydrogens (tertiary/aromatic N) is 3. The Bertz CT molecular complexity index is 653. The number of amides is 1. The number of nitrogens with one attached hydrogen (secondary N) is 2. The summed E-state index contributed by atoms with van der Waals surface area (Å²) in [6, 6.07) is 4.52. The summed E-state index contributed by atoms with van der Waals surface area (Å²) >= 11 is 0. The molecule has 1 saturated heterocycles. The van der Waals surface area contributed by atoms with Gasteiger partial charge in [0.25, 0.3) is 0 Å². The van der Waals surface area contributed by atoms with E-state index in [0.717, 1.165) is 24.1 Å². The highest BCUT2D eigenvalue weighted by atomic mass is 16.2. The molecule has 2 aromatic rings. The molecule has 1 aliphatic heterocycles. The van der Waals surface area contributed by atoms with Gasteiger partial charge >= 0.3 is 6.03 Å². The monoisotopic (exact) mass is 283 g/mol. The fourth-order valence-corrected chi connectivity index (χ4v) is 3.35. The van der Waals surface area contributed by atoms with E-state index in [1.165, 1.54) is 11.1 Å². The van der Waals surface area contributed by atoms with Gasteiger partial charge in [-0.3, -0.25) is 4.98 Å². The minimum Gasteiger partial charge on any atom is -0.333 e. The molecule has 1 saturated carbocycles. The summed E-state index contributed by atoms with van der Waals surface area (Å²) in [4.78, 5) is 16.4. The SMILES string of the molecule is O=C(NC1CC2CC1CN2)n1cc(-c2cccnc2)cn1. The van der Waals surface area contributed by atoms with Crippen molar-refractivity contribution in [2.45, 2.75) is 24.9 Å². The standard InChI is InChI=1S/C15H17N5O/c21-15(19-14-5-13-4-11(14)7-17-13)20-9-12(8-18-20)10-2-1-3-16-6-10/h1-3,6,8-9,11,13-14,17H,4-5,7H2,(H,19,21). The van der Waals surface area contributed by atoms with E-state index in [-0.39, 0.29) is 12.1 Å². The van der Waals surface area contributed by atoms with Gasteiger partial charge in [0.2, 0.25) is 0 Å². The normalized spacial score (nSPS) is 27.0. The van der Waals surface area contributed by atoms with Gasteiger partial charge in [-0.15, -0.1) is 0 Å². The highest BCUT2D eigenvalue weighted by molar-refractivity contribution is 5.77. The molecule has 2 bridgehead atoms. The zero-order valence-electron chi connectivity index (χ0n) is 11.6. The van der Waals surface area contributed by atoms with Crippen LogP contribution in [0.4, 0.5) is 4.79 Å². The molecule has 0 aromatic carbocycles. The lowest BCUT2D eigenvalue weighted by molar-refractivity contribution is 0.230. The van der Waals surface area contributed by atoms with Crippen molar-refractivity contribution >= 4 is 6.03 Å². The van der Waals surface area contributed by atoms with Crippen molar-refractivity contribution in [3.63, 3.8) is 0 Å². The number of fused-ring (bicyclic) bond motifs is 2. The first kappa shape index (κ1) is 12.5. The number of rotatable bonds is 2. The minimum absolute atomic E-state index is 0.150. The second-order valence-corrected chi connectivity index (χ2v) is 5.81. The molecule has 2 fully saturated rings. The first-order chi connectivity index (χ1) is 10.3. The van der Waals surface area contributed by atoms with Crippen molar-refractivity contribution in [2.24, 2.45) is 5.92 Å². The smallest absolute Gasteiger partial charge is 0.333 e. The topological polar surface area (TPSA) is 71.8 Å². The van der Waals surface area contributed by atoms with Crippen LogP contribution in [0.3, 0.4) is 0 Å². The van der Waals surface area contributed by atoms with E-state index < -0.39 is 0 Å². The molecule has 3 heterocycles. The van der Waals surface area contributed by atoms with E-state index >= 15 is 0 Å². The molecular formula is C15H17N5O.